The van der Waals surface area contributed by atoms with Crippen molar-refractivity contribution in [2.24, 2.45) is 0 Å². The summed E-state index contributed by atoms with van der Waals surface area (Å²) in [5.41, 5.74) is 0. The van der Waals surface area contributed by atoms with E-state index in [9.17, 15) is 0 Å². The molecule has 0 aromatic heterocycles. The smallest absolute Gasteiger partial charge is 0.0790 e. The SMILES string of the molecule is C1CSCC2(CSCCCS2)SC1.C1CSCC2(CSCCCS2)SC1. The lowest BCUT2D eigenvalue weighted by Crippen LogP contribution is -2.26. The summed E-state index contributed by atoms with van der Waals surface area (Å²) in [4.78, 5) is 0. The first-order chi connectivity index (χ1) is 12.8. The molecule has 0 N–H and O–H groups in total. The Morgan fingerprint density at radius 3 is 0.885 bits per heavy atom. The Kier molecular flexibility index (Phi) is 12.0. The lowest BCUT2D eigenvalue weighted by atomic mass is 10.5. The molecule has 8 heteroatoms. The van der Waals surface area contributed by atoms with Gasteiger partial charge in [-0.1, -0.05) is 0 Å². The van der Waals surface area contributed by atoms with Gasteiger partial charge in [-0.15, -0.1) is 47.0 Å². The fourth-order valence-electron chi connectivity index (χ4n) is 3.09. The second kappa shape index (κ2) is 13.3. The fourth-order valence-corrected chi connectivity index (χ4v) is 16.7. The van der Waals surface area contributed by atoms with E-state index in [1.54, 1.807) is 0 Å². The van der Waals surface area contributed by atoms with Crippen molar-refractivity contribution < 1.29 is 0 Å². The molecule has 0 amide bonds. The lowest BCUT2D eigenvalue weighted by Gasteiger charge is -2.28. The largest absolute Gasteiger partial charge is 0.160 e. The predicted octanol–water partition coefficient (Wildman–Crippen LogP) is 6.85. The molecule has 4 heterocycles. The van der Waals surface area contributed by atoms with Gasteiger partial charge in [0.25, 0.3) is 0 Å². The van der Waals surface area contributed by atoms with Gasteiger partial charge in [0, 0.05) is 23.0 Å². The van der Waals surface area contributed by atoms with Gasteiger partial charge in [0.2, 0.25) is 0 Å². The molecule has 26 heavy (non-hydrogen) atoms. The summed E-state index contributed by atoms with van der Waals surface area (Å²) in [5, 5.41) is 0. The summed E-state index contributed by atoms with van der Waals surface area (Å²) in [6.45, 7) is 0. The molecule has 4 saturated heterocycles. The highest BCUT2D eigenvalue weighted by atomic mass is 32.2. The van der Waals surface area contributed by atoms with Gasteiger partial charge in [0.05, 0.1) is 8.16 Å². The Balaban J connectivity index is 0.000000151. The fraction of sp³-hybridized carbons (Fsp3) is 1.00. The highest BCUT2D eigenvalue weighted by molar-refractivity contribution is 8.21. The second-order valence-electron chi connectivity index (χ2n) is 6.84. The van der Waals surface area contributed by atoms with E-state index < -0.39 is 0 Å². The minimum absolute atomic E-state index is 0.586. The van der Waals surface area contributed by atoms with Gasteiger partial charge < -0.3 is 0 Å². The van der Waals surface area contributed by atoms with E-state index in [-0.39, 0.29) is 0 Å². The van der Waals surface area contributed by atoms with Crippen LogP contribution in [0.1, 0.15) is 25.7 Å². The molecule has 0 aromatic carbocycles. The molecule has 0 aromatic rings. The standard InChI is InChI=1S/2C9H16S4/c2*1-3-10-7-9(12-5-1)8-11-4-2-6-13-9/h2*1-8H2. The van der Waals surface area contributed by atoms with E-state index >= 15 is 0 Å². The summed E-state index contributed by atoms with van der Waals surface area (Å²) in [6, 6.07) is 0. The Labute approximate surface area is 195 Å². The van der Waals surface area contributed by atoms with Gasteiger partial charge >= 0.3 is 0 Å². The van der Waals surface area contributed by atoms with Crippen molar-refractivity contribution in [2.45, 2.75) is 33.8 Å². The molecule has 4 aliphatic heterocycles. The molecule has 0 atom stereocenters. The van der Waals surface area contributed by atoms with E-state index in [1.165, 1.54) is 94.7 Å². The molecule has 0 saturated carbocycles. The molecule has 0 radical (unpaired) electrons. The summed E-state index contributed by atoms with van der Waals surface area (Å²) in [7, 11) is 0. The maximum absolute atomic E-state index is 2.24. The van der Waals surface area contributed by atoms with E-state index in [2.05, 4.69) is 94.1 Å². The van der Waals surface area contributed by atoms with E-state index in [4.69, 9.17) is 0 Å². The van der Waals surface area contributed by atoms with Crippen LogP contribution < -0.4 is 0 Å². The molecular weight excluding hydrogens is 473 g/mol. The number of hydrogen-bond acceptors (Lipinski definition) is 8. The third-order valence-corrected chi connectivity index (χ3v) is 17.7. The maximum atomic E-state index is 2.24. The molecule has 4 fully saturated rings. The Bertz CT molecular complexity index is 280. The highest BCUT2D eigenvalue weighted by Crippen LogP contribution is 2.47. The monoisotopic (exact) mass is 504 g/mol. The second-order valence-corrected chi connectivity index (χ2v) is 17.7. The van der Waals surface area contributed by atoms with Gasteiger partial charge in [0.15, 0.2) is 0 Å². The quantitative estimate of drug-likeness (QED) is 0.347. The lowest BCUT2D eigenvalue weighted by molar-refractivity contribution is 1.06. The zero-order valence-corrected chi connectivity index (χ0v) is 22.1. The van der Waals surface area contributed by atoms with E-state index in [0.717, 1.165) is 0 Å². The van der Waals surface area contributed by atoms with Gasteiger partial charge in [-0.2, -0.15) is 47.0 Å². The first kappa shape index (κ1) is 23.5. The van der Waals surface area contributed by atoms with Crippen LogP contribution in [0.25, 0.3) is 0 Å². The van der Waals surface area contributed by atoms with Crippen LogP contribution in [0.4, 0.5) is 0 Å². The zero-order valence-electron chi connectivity index (χ0n) is 15.6. The van der Waals surface area contributed by atoms with Gasteiger partial charge in [-0.3, -0.25) is 0 Å². The number of thioether (sulfide) groups is 8. The van der Waals surface area contributed by atoms with Crippen LogP contribution in [0, 0.1) is 0 Å². The van der Waals surface area contributed by atoms with Crippen LogP contribution in [-0.4, -0.2) is 77.2 Å². The van der Waals surface area contributed by atoms with Crippen LogP contribution in [0.3, 0.4) is 0 Å². The third-order valence-electron chi connectivity index (χ3n) is 4.48. The summed E-state index contributed by atoms with van der Waals surface area (Å²) < 4.78 is 1.17. The van der Waals surface area contributed by atoms with Crippen molar-refractivity contribution >= 4 is 94.1 Å². The zero-order chi connectivity index (χ0) is 18.0. The van der Waals surface area contributed by atoms with Crippen molar-refractivity contribution in [3.63, 3.8) is 0 Å². The predicted molar refractivity (Wildman–Crippen MR) is 143 cm³/mol. The highest BCUT2D eigenvalue weighted by Gasteiger charge is 2.34. The summed E-state index contributed by atoms with van der Waals surface area (Å²) in [5.74, 6) is 16.7. The normalized spacial score (nSPS) is 29.5. The van der Waals surface area contributed by atoms with E-state index in [1.807, 2.05) is 0 Å². The molecule has 4 aliphatic rings. The molecule has 2 spiro atoms. The van der Waals surface area contributed by atoms with Crippen LogP contribution in [0.5, 0.6) is 0 Å². The number of rotatable bonds is 0. The third kappa shape index (κ3) is 8.14. The minimum atomic E-state index is 0.586. The average molecular weight is 505 g/mol. The molecule has 0 aliphatic carbocycles. The van der Waals surface area contributed by atoms with Crippen LogP contribution in [0.15, 0.2) is 0 Å². The molecular formula is C18H32S8. The molecule has 0 bridgehead atoms. The molecule has 4 rings (SSSR count). The molecule has 0 unspecified atom stereocenters. The Morgan fingerprint density at radius 1 is 0.346 bits per heavy atom. The maximum Gasteiger partial charge on any atom is 0.0790 e. The Morgan fingerprint density at radius 2 is 0.615 bits per heavy atom. The summed E-state index contributed by atoms with van der Waals surface area (Å²) >= 11 is 17.7. The van der Waals surface area contributed by atoms with Crippen molar-refractivity contribution in [1.29, 1.82) is 0 Å². The average Bonchev–Trinajstić information content (AvgIpc) is 3.20. The van der Waals surface area contributed by atoms with Gasteiger partial charge in [0.1, 0.15) is 0 Å². The Hall–Kier alpha value is 2.80. The van der Waals surface area contributed by atoms with Gasteiger partial charge in [-0.25, -0.2) is 0 Å². The van der Waals surface area contributed by atoms with Crippen molar-refractivity contribution in [1.82, 2.24) is 0 Å². The van der Waals surface area contributed by atoms with Crippen LogP contribution >= 0.6 is 94.1 Å². The van der Waals surface area contributed by atoms with Crippen LogP contribution in [-0.2, 0) is 0 Å². The van der Waals surface area contributed by atoms with E-state index in [0.29, 0.717) is 8.16 Å². The first-order valence-corrected chi connectivity index (χ1v) is 18.3. The topological polar surface area (TPSA) is 0 Å². The van der Waals surface area contributed by atoms with Gasteiger partial charge in [-0.05, 0) is 71.7 Å². The minimum Gasteiger partial charge on any atom is -0.160 e. The van der Waals surface area contributed by atoms with Crippen molar-refractivity contribution in [3.05, 3.63) is 0 Å². The number of hydrogen-bond donors (Lipinski definition) is 0. The van der Waals surface area contributed by atoms with Crippen LogP contribution in [0.2, 0.25) is 0 Å². The molecule has 0 nitrogen and oxygen atoms in total. The summed E-state index contributed by atoms with van der Waals surface area (Å²) in [6.07, 6.45) is 5.68. The first-order valence-electron chi connectivity index (χ1n) is 9.69. The van der Waals surface area contributed by atoms with Crippen molar-refractivity contribution in [3.8, 4) is 0 Å². The van der Waals surface area contributed by atoms with Crippen molar-refractivity contribution in [2.75, 3.05) is 69.0 Å². The molecule has 152 valence electrons.